The van der Waals surface area contributed by atoms with Crippen molar-refractivity contribution in [2.24, 2.45) is 11.7 Å². The summed E-state index contributed by atoms with van der Waals surface area (Å²) in [6.45, 7) is 1.87. The SMILES string of the molecule is CCC(CNC(=O)[C@@H](N)c1ccccc1)C(=O)O. The highest BCUT2D eigenvalue weighted by Crippen LogP contribution is 2.09. The van der Waals surface area contributed by atoms with Crippen molar-refractivity contribution in [3.8, 4) is 0 Å². The molecule has 0 aliphatic heterocycles. The predicted molar refractivity (Wildman–Crippen MR) is 67.8 cm³/mol. The number of carboxylic acid groups (broad SMARTS) is 1. The Hall–Kier alpha value is -1.88. The lowest BCUT2D eigenvalue weighted by Gasteiger charge is -2.15. The van der Waals surface area contributed by atoms with Gasteiger partial charge in [-0.1, -0.05) is 37.3 Å². The van der Waals surface area contributed by atoms with Gasteiger partial charge in [0, 0.05) is 6.54 Å². The van der Waals surface area contributed by atoms with Crippen LogP contribution in [0.3, 0.4) is 0 Å². The maximum atomic E-state index is 11.8. The molecule has 1 aromatic carbocycles. The zero-order chi connectivity index (χ0) is 13.5. The number of carboxylic acids is 1. The van der Waals surface area contributed by atoms with E-state index in [0.717, 1.165) is 0 Å². The summed E-state index contributed by atoms with van der Waals surface area (Å²) in [5, 5.41) is 11.4. The number of amides is 1. The Morgan fingerprint density at radius 3 is 2.44 bits per heavy atom. The van der Waals surface area contributed by atoms with Gasteiger partial charge in [0.25, 0.3) is 0 Å². The molecule has 18 heavy (non-hydrogen) atoms. The summed E-state index contributed by atoms with van der Waals surface area (Å²) in [6, 6.07) is 8.20. The molecule has 5 nitrogen and oxygen atoms in total. The minimum absolute atomic E-state index is 0.102. The highest BCUT2D eigenvalue weighted by molar-refractivity contribution is 5.83. The third kappa shape index (κ3) is 3.85. The van der Waals surface area contributed by atoms with Crippen LogP contribution in [-0.2, 0) is 9.59 Å². The van der Waals surface area contributed by atoms with Crippen LogP contribution in [0.4, 0.5) is 0 Å². The number of nitrogens with one attached hydrogen (secondary N) is 1. The van der Waals surface area contributed by atoms with Crippen molar-refractivity contribution in [3.05, 3.63) is 35.9 Å². The standard InChI is InChI=1S/C13H18N2O3/c1-2-9(13(17)18)8-15-12(16)11(14)10-6-4-3-5-7-10/h3-7,9,11H,2,8,14H2,1H3,(H,15,16)(H,17,18)/t9?,11-/m0/s1. The normalized spacial score (nSPS) is 13.7. The minimum Gasteiger partial charge on any atom is -0.481 e. The molecule has 1 aromatic rings. The Balaban J connectivity index is 2.53. The number of carbonyl (C=O) groups excluding carboxylic acids is 1. The Bertz CT molecular complexity index is 406. The van der Waals surface area contributed by atoms with Gasteiger partial charge in [-0.15, -0.1) is 0 Å². The van der Waals surface area contributed by atoms with Crippen LogP contribution in [0.1, 0.15) is 24.9 Å². The fourth-order valence-corrected chi connectivity index (χ4v) is 1.55. The van der Waals surface area contributed by atoms with E-state index in [1.165, 1.54) is 0 Å². The zero-order valence-corrected chi connectivity index (χ0v) is 10.3. The van der Waals surface area contributed by atoms with Gasteiger partial charge in [0.05, 0.1) is 5.92 Å². The Morgan fingerprint density at radius 2 is 1.94 bits per heavy atom. The molecule has 0 aromatic heterocycles. The van der Waals surface area contributed by atoms with Crippen LogP contribution < -0.4 is 11.1 Å². The molecular weight excluding hydrogens is 232 g/mol. The monoisotopic (exact) mass is 250 g/mol. The average Bonchev–Trinajstić information content (AvgIpc) is 2.39. The van der Waals surface area contributed by atoms with Gasteiger partial charge < -0.3 is 16.2 Å². The molecule has 98 valence electrons. The molecule has 0 fully saturated rings. The lowest BCUT2D eigenvalue weighted by atomic mass is 10.1. The number of benzene rings is 1. The Labute approximate surface area is 106 Å². The van der Waals surface area contributed by atoms with E-state index < -0.39 is 17.9 Å². The molecule has 4 N–H and O–H groups in total. The summed E-state index contributed by atoms with van der Waals surface area (Å²) in [7, 11) is 0. The Kier molecular flexibility index (Phi) is 5.32. The first-order valence-corrected chi connectivity index (χ1v) is 5.87. The summed E-state index contributed by atoms with van der Waals surface area (Å²) in [6.07, 6.45) is 0.468. The van der Waals surface area contributed by atoms with Gasteiger partial charge in [0.15, 0.2) is 0 Å². The molecule has 0 radical (unpaired) electrons. The quantitative estimate of drug-likeness (QED) is 0.699. The van der Waals surface area contributed by atoms with Crippen molar-refractivity contribution >= 4 is 11.9 Å². The molecule has 2 atom stereocenters. The van der Waals surface area contributed by atoms with Gasteiger partial charge in [-0.3, -0.25) is 9.59 Å². The van der Waals surface area contributed by atoms with E-state index >= 15 is 0 Å². The molecule has 1 amide bonds. The fourth-order valence-electron chi connectivity index (χ4n) is 1.55. The number of rotatable bonds is 6. The lowest BCUT2D eigenvalue weighted by Crippen LogP contribution is -2.38. The van der Waals surface area contributed by atoms with Crippen LogP contribution in [0.15, 0.2) is 30.3 Å². The molecule has 0 saturated carbocycles. The molecule has 1 unspecified atom stereocenters. The fraction of sp³-hybridized carbons (Fsp3) is 0.385. The smallest absolute Gasteiger partial charge is 0.308 e. The van der Waals surface area contributed by atoms with Crippen LogP contribution in [0, 0.1) is 5.92 Å². The van der Waals surface area contributed by atoms with E-state index in [9.17, 15) is 9.59 Å². The highest BCUT2D eigenvalue weighted by atomic mass is 16.4. The third-order valence-corrected chi connectivity index (χ3v) is 2.81. The van der Waals surface area contributed by atoms with Crippen molar-refractivity contribution in [1.29, 1.82) is 0 Å². The summed E-state index contributed by atoms with van der Waals surface area (Å²) in [5.74, 6) is -1.84. The second kappa shape index (κ2) is 6.76. The van der Waals surface area contributed by atoms with Crippen LogP contribution >= 0.6 is 0 Å². The Morgan fingerprint density at radius 1 is 1.33 bits per heavy atom. The second-order valence-electron chi connectivity index (χ2n) is 4.08. The van der Waals surface area contributed by atoms with Gasteiger partial charge >= 0.3 is 5.97 Å². The minimum atomic E-state index is -0.911. The molecule has 0 spiro atoms. The first-order chi connectivity index (χ1) is 8.56. The molecule has 5 heteroatoms. The van der Waals surface area contributed by atoms with Crippen LogP contribution in [0.5, 0.6) is 0 Å². The lowest BCUT2D eigenvalue weighted by molar-refractivity contribution is -0.141. The van der Waals surface area contributed by atoms with Gasteiger partial charge in [0.1, 0.15) is 6.04 Å². The van der Waals surface area contributed by atoms with E-state index in [4.69, 9.17) is 10.8 Å². The van der Waals surface area contributed by atoms with Gasteiger partial charge in [-0.05, 0) is 12.0 Å². The summed E-state index contributed by atoms with van der Waals surface area (Å²) >= 11 is 0. The average molecular weight is 250 g/mol. The molecule has 0 aliphatic carbocycles. The van der Waals surface area contributed by atoms with E-state index in [1.807, 2.05) is 6.07 Å². The third-order valence-electron chi connectivity index (χ3n) is 2.81. The summed E-state index contributed by atoms with van der Waals surface area (Å²) in [4.78, 5) is 22.6. The first-order valence-electron chi connectivity index (χ1n) is 5.87. The van der Waals surface area contributed by atoms with Gasteiger partial charge in [-0.2, -0.15) is 0 Å². The zero-order valence-electron chi connectivity index (χ0n) is 10.3. The van der Waals surface area contributed by atoms with Crippen molar-refractivity contribution in [2.75, 3.05) is 6.54 Å². The number of hydrogen-bond donors (Lipinski definition) is 3. The van der Waals surface area contributed by atoms with E-state index in [0.29, 0.717) is 12.0 Å². The van der Waals surface area contributed by atoms with Crippen molar-refractivity contribution in [3.63, 3.8) is 0 Å². The molecule has 0 heterocycles. The molecule has 0 bridgehead atoms. The largest absolute Gasteiger partial charge is 0.481 e. The molecular formula is C13H18N2O3. The first kappa shape index (κ1) is 14.2. The highest BCUT2D eigenvalue weighted by Gasteiger charge is 2.19. The van der Waals surface area contributed by atoms with Gasteiger partial charge in [-0.25, -0.2) is 0 Å². The van der Waals surface area contributed by atoms with Crippen LogP contribution in [0.25, 0.3) is 0 Å². The second-order valence-corrected chi connectivity index (χ2v) is 4.08. The number of carbonyl (C=O) groups is 2. The number of aliphatic carboxylic acids is 1. The van der Waals surface area contributed by atoms with Crippen LogP contribution in [0.2, 0.25) is 0 Å². The number of hydrogen-bond acceptors (Lipinski definition) is 3. The van der Waals surface area contributed by atoms with E-state index in [1.54, 1.807) is 31.2 Å². The summed E-state index contributed by atoms with van der Waals surface area (Å²) < 4.78 is 0. The van der Waals surface area contributed by atoms with Crippen molar-refractivity contribution < 1.29 is 14.7 Å². The summed E-state index contributed by atoms with van der Waals surface area (Å²) in [5.41, 5.74) is 6.49. The van der Waals surface area contributed by atoms with E-state index in [-0.39, 0.29) is 12.5 Å². The molecule has 0 aliphatic rings. The maximum Gasteiger partial charge on any atom is 0.308 e. The van der Waals surface area contributed by atoms with Crippen molar-refractivity contribution in [1.82, 2.24) is 5.32 Å². The topological polar surface area (TPSA) is 92.4 Å². The predicted octanol–water partition coefficient (Wildman–Crippen LogP) is 0.913. The van der Waals surface area contributed by atoms with Crippen LogP contribution in [-0.4, -0.2) is 23.5 Å². The van der Waals surface area contributed by atoms with E-state index in [2.05, 4.69) is 5.32 Å². The molecule has 0 saturated heterocycles. The van der Waals surface area contributed by atoms with Crippen molar-refractivity contribution in [2.45, 2.75) is 19.4 Å². The molecule has 1 rings (SSSR count). The van der Waals surface area contributed by atoms with Gasteiger partial charge in [0.2, 0.25) is 5.91 Å². The number of nitrogens with two attached hydrogens (primary N) is 1. The maximum absolute atomic E-state index is 11.8.